The molecule has 0 saturated carbocycles. The maximum Gasteiger partial charge on any atom is 0.271 e. The SMILES string of the molecule is C/C(CC(=O)Nc1ccc(OCc2ccccc2)cc1)=N\NC(=O)c1ccc(C(C)(C)C)cc1. The maximum atomic E-state index is 12.3. The number of nitrogens with one attached hydrogen (secondary N) is 2. The van der Waals surface area contributed by atoms with Crippen LogP contribution in [-0.4, -0.2) is 17.5 Å². The lowest BCUT2D eigenvalue weighted by atomic mass is 9.87. The van der Waals surface area contributed by atoms with Crippen molar-refractivity contribution in [1.82, 2.24) is 5.43 Å². The summed E-state index contributed by atoms with van der Waals surface area (Å²) in [5.74, 6) is 0.187. The highest BCUT2D eigenvalue weighted by Crippen LogP contribution is 2.22. The van der Waals surface area contributed by atoms with Crippen LogP contribution in [0.2, 0.25) is 0 Å². The summed E-state index contributed by atoms with van der Waals surface area (Å²) in [5.41, 5.74) is 6.45. The van der Waals surface area contributed by atoms with Crippen LogP contribution in [0.15, 0.2) is 84.0 Å². The number of amides is 2. The van der Waals surface area contributed by atoms with E-state index in [1.165, 1.54) is 0 Å². The van der Waals surface area contributed by atoms with Crippen LogP contribution in [-0.2, 0) is 16.8 Å². The Balaban J connectivity index is 1.46. The van der Waals surface area contributed by atoms with Crippen LogP contribution in [0.4, 0.5) is 5.69 Å². The Hall–Kier alpha value is -3.93. The molecule has 0 bridgehead atoms. The average Bonchev–Trinajstić information content (AvgIpc) is 2.82. The van der Waals surface area contributed by atoms with Crippen molar-refractivity contribution < 1.29 is 14.3 Å². The number of anilines is 1. The van der Waals surface area contributed by atoms with E-state index in [4.69, 9.17) is 4.74 Å². The van der Waals surface area contributed by atoms with E-state index in [1.807, 2.05) is 54.6 Å². The molecule has 0 unspecified atom stereocenters. The van der Waals surface area contributed by atoms with Crippen molar-refractivity contribution in [1.29, 1.82) is 0 Å². The Kier molecular flexibility index (Phi) is 8.19. The van der Waals surface area contributed by atoms with Gasteiger partial charge in [-0.3, -0.25) is 9.59 Å². The van der Waals surface area contributed by atoms with E-state index in [2.05, 4.69) is 36.6 Å². The Labute approximate surface area is 201 Å². The molecule has 0 aliphatic heterocycles. The number of benzene rings is 3. The number of hydrazone groups is 1. The molecule has 3 aromatic carbocycles. The standard InChI is InChI=1S/C28H31N3O3/c1-20(30-31-27(33)22-10-12-23(13-11-22)28(2,3)4)18-26(32)29-24-14-16-25(17-15-24)34-19-21-8-6-5-7-9-21/h5-17H,18-19H2,1-4H3,(H,29,32)(H,31,33)/b30-20+. The van der Waals surface area contributed by atoms with Crippen molar-refractivity contribution in [3.8, 4) is 5.75 Å². The van der Waals surface area contributed by atoms with E-state index in [9.17, 15) is 9.59 Å². The molecule has 0 aliphatic rings. The van der Waals surface area contributed by atoms with Crippen molar-refractivity contribution in [2.24, 2.45) is 5.10 Å². The summed E-state index contributed by atoms with van der Waals surface area (Å²) in [6.07, 6.45) is 0.0650. The van der Waals surface area contributed by atoms with Crippen LogP contribution in [0.1, 0.15) is 55.6 Å². The van der Waals surface area contributed by atoms with E-state index >= 15 is 0 Å². The van der Waals surface area contributed by atoms with Crippen molar-refractivity contribution >= 4 is 23.2 Å². The molecule has 6 nitrogen and oxygen atoms in total. The molecule has 0 radical (unpaired) electrons. The Morgan fingerprint density at radius 2 is 1.53 bits per heavy atom. The second-order valence-electron chi connectivity index (χ2n) is 9.14. The lowest BCUT2D eigenvalue weighted by Gasteiger charge is -2.18. The summed E-state index contributed by atoms with van der Waals surface area (Å²) in [4.78, 5) is 24.7. The van der Waals surface area contributed by atoms with E-state index in [0.717, 1.165) is 16.9 Å². The lowest BCUT2D eigenvalue weighted by molar-refractivity contribution is -0.115. The molecule has 3 aromatic rings. The van der Waals surface area contributed by atoms with Crippen LogP contribution < -0.4 is 15.5 Å². The largest absolute Gasteiger partial charge is 0.489 e. The molecule has 3 rings (SSSR count). The van der Waals surface area contributed by atoms with Crippen LogP contribution in [0, 0.1) is 0 Å². The number of carbonyl (C=O) groups is 2. The fourth-order valence-corrected chi connectivity index (χ4v) is 3.18. The molecule has 0 atom stereocenters. The fraction of sp³-hybridized carbons (Fsp3) is 0.250. The van der Waals surface area contributed by atoms with Gasteiger partial charge >= 0.3 is 0 Å². The summed E-state index contributed by atoms with van der Waals surface area (Å²) in [6.45, 7) is 8.54. The topological polar surface area (TPSA) is 79.8 Å². The average molecular weight is 458 g/mol. The van der Waals surface area contributed by atoms with Gasteiger partial charge in [-0.2, -0.15) is 5.10 Å². The predicted molar refractivity (Wildman–Crippen MR) is 136 cm³/mol. The third-order valence-corrected chi connectivity index (χ3v) is 5.16. The second-order valence-corrected chi connectivity index (χ2v) is 9.14. The molecular weight excluding hydrogens is 426 g/mol. The molecule has 0 fully saturated rings. The van der Waals surface area contributed by atoms with E-state index in [-0.39, 0.29) is 23.7 Å². The zero-order chi connectivity index (χ0) is 24.6. The number of rotatable bonds is 8. The highest BCUT2D eigenvalue weighted by molar-refractivity contribution is 6.06. The minimum atomic E-state index is -0.314. The minimum Gasteiger partial charge on any atom is -0.489 e. The molecule has 6 heteroatoms. The molecule has 0 heterocycles. The van der Waals surface area contributed by atoms with Crippen molar-refractivity contribution in [2.75, 3.05) is 5.32 Å². The molecule has 34 heavy (non-hydrogen) atoms. The van der Waals surface area contributed by atoms with Crippen LogP contribution in [0.25, 0.3) is 0 Å². The summed E-state index contributed by atoms with van der Waals surface area (Å²) in [7, 11) is 0. The van der Waals surface area contributed by atoms with Crippen LogP contribution in [0.5, 0.6) is 5.75 Å². The van der Waals surface area contributed by atoms with Gasteiger partial charge in [0.2, 0.25) is 5.91 Å². The Morgan fingerprint density at radius 3 is 2.15 bits per heavy atom. The van der Waals surface area contributed by atoms with E-state index < -0.39 is 0 Å². The predicted octanol–water partition coefficient (Wildman–Crippen LogP) is 5.70. The molecule has 0 aliphatic carbocycles. The first-order valence-electron chi connectivity index (χ1n) is 11.2. The number of nitrogens with zero attached hydrogens (tertiary/aromatic N) is 1. The molecule has 2 amide bonds. The van der Waals surface area contributed by atoms with Gasteiger partial charge in [0.1, 0.15) is 12.4 Å². The van der Waals surface area contributed by atoms with Crippen molar-refractivity contribution in [2.45, 2.75) is 46.1 Å². The second kappa shape index (κ2) is 11.3. The lowest BCUT2D eigenvalue weighted by Crippen LogP contribution is -2.21. The zero-order valence-corrected chi connectivity index (χ0v) is 20.1. The number of hydrogen-bond acceptors (Lipinski definition) is 4. The van der Waals surface area contributed by atoms with Gasteiger partial charge < -0.3 is 10.1 Å². The van der Waals surface area contributed by atoms with E-state index in [1.54, 1.807) is 31.2 Å². The molecule has 0 spiro atoms. The van der Waals surface area contributed by atoms with Crippen molar-refractivity contribution in [3.63, 3.8) is 0 Å². The van der Waals surface area contributed by atoms with Gasteiger partial charge in [0, 0.05) is 17.0 Å². The summed E-state index contributed by atoms with van der Waals surface area (Å²) >= 11 is 0. The molecule has 2 N–H and O–H groups in total. The Bertz CT molecular complexity index is 1130. The number of ether oxygens (including phenoxy) is 1. The summed E-state index contributed by atoms with van der Waals surface area (Å²) in [6, 6.07) is 24.5. The van der Waals surface area contributed by atoms with Crippen LogP contribution in [0.3, 0.4) is 0 Å². The summed E-state index contributed by atoms with van der Waals surface area (Å²) < 4.78 is 5.76. The van der Waals surface area contributed by atoms with Crippen molar-refractivity contribution in [3.05, 3.63) is 95.6 Å². The highest BCUT2D eigenvalue weighted by Gasteiger charge is 2.14. The van der Waals surface area contributed by atoms with E-state index in [0.29, 0.717) is 23.6 Å². The fourth-order valence-electron chi connectivity index (χ4n) is 3.18. The van der Waals surface area contributed by atoms with Crippen LogP contribution >= 0.6 is 0 Å². The maximum absolute atomic E-state index is 12.3. The first-order chi connectivity index (χ1) is 16.2. The minimum absolute atomic E-state index is 0.0205. The zero-order valence-electron chi connectivity index (χ0n) is 20.1. The summed E-state index contributed by atoms with van der Waals surface area (Å²) in [5, 5.41) is 6.88. The number of carbonyl (C=O) groups excluding carboxylic acids is 2. The smallest absolute Gasteiger partial charge is 0.271 e. The van der Waals surface area contributed by atoms with Gasteiger partial charge in [-0.1, -0.05) is 63.2 Å². The van der Waals surface area contributed by atoms with Gasteiger partial charge in [-0.05, 0) is 59.9 Å². The van der Waals surface area contributed by atoms with Gasteiger partial charge in [0.15, 0.2) is 0 Å². The van der Waals surface area contributed by atoms with Gasteiger partial charge in [0.25, 0.3) is 5.91 Å². The third-order valence-electron chi connectivity index (χ3n) is 5.16. The normalized spacial score (nSPS) is 11.6. The monoisotopic (exact) mass is 457 g/mol. The molecule has 176 valence electrons. The Morgan fingerprint density at radius 1 is 0.882 bits per heavy atom. The first kappa shape index (κ1) is 24.7. The van der Waals surface area contributed by atoms with Gasteiger partial charge in [-0.25, -0.2) is 5.43 Å². The molecule has 0 aromatic heterocycles. The first-order valence-corrected chi connectivity index (χ1v) is 11.2. The third kappa shape index (κ3) is 7.59. The van der Waals surface area contributed by atoms with Gasteiger partial charge in [-0.15, -0.1) is 0 Å². The number of hydrogen-bond donors (Lipinski definition) is 2. The molecular formula is C28H31N3O3. The quantitative estimate of drug-likeness (QED) is 0.336. The van der Waals surface area contributed by atoms with Gasteiger partial charge in [0.05, 0.1) is 6.42 Å². The highest BCUT2D eigenvalue weighted by atomic mass is 16.5. The molecule has 0 saturated heterocycles.